The summed E-state index contributed by atoms with van der Waals surface area (Å²) in [5.74, 6) is -0.332. The van der Waals surface area contributed by atoms with E-state index >= 15 is 0 Å². The number of rotatable bonds is 4. The fraction of sp³-hybridized carbons (Fsp3) is 0.533. The van der Waals surface area contributed by atoms with Gasteiger partial charge >= 0.3 is 0 Å². The second kappa shape index (κ2) is 5.10. The van der Waals surface area contributed by atoms with Crippen molar-refractivity contribution in [3.8, 4) is 0 Å². The third kappa shape index (κ3) is 2.96. The zero-order valence-corrected chi connectivity index (χ0v) is 13.1. The minimum Gasteiger partial charge on any atom is -0.326 e. The molecule has 1 aromatic rings. The number of amides is 1. The number of aryl methyl sites for hydroxylation is 2. The van der Waals surface area contributed by atoms with Crippen molar-refractivity contribution in [1.82, 2.24) is 4.31 Å². The Morgan fingerprint density at radius 3 is 2.24 bits per heavy atom. The second-order valence-corrected chi connectivity index (χ2v) is 8.34. The van der Waals surface area contributed by atoms with Gasteiger partial charge in [0.25, 0.3) is 0 Å². The first-order valence-electron chi connectivity index (χ1n) is 7.24. The second-order valence-electron chi connectivity index (χ2n) is 6.12. The number of nitrogens with one attached hydrogen (secondary N) is 1. The van der Waals surface area contributed by atoms with Crippen molar-refractivity contribution in [1.29, 1.82) is 0 Å². The lowest BCUT2D eigenvalue weighted by atomic mass is 10.0. The molecule has 1 heterocycles. The smallest absolute Gasteiger partial charge is 0.230 e. The van der Waals surface area contributed by atoms with Crippen LogP contribution in [0.4, 0.5) is 5.69 Å². The molecule has 2 fully saturated rings. The predicted octanol–water partition coefficient (Wildman–Crippen LogP) is 1.67. The molecule has 3 rings (SSSR count). The number of hydrogen-bond donors (Lipinski definition) is 1. The maximum atomic E-state index is 12.1. The molecular formula is C15H20N2O3S. The van der Waals surface area contributed by atoms with E-state index in [0.717, 1.165) is 29.7 Å². The van der Waals surface area contributed by atoms with Gasteiger partial charge in [-0.1, -0.05) is 6.07 Å². The van der Waals surface area contributed by atoms with Gasteiger partial charge < -0.3 is 5.32 Å². The number of sulfonamides is 1. The van der Waals surface area contributed by atoms with Crippen LogP contribution in [0.1, 0.15) is 24.0 Å². The SMILES string of the molecule is Cc1cc(C)cc(NC(=O)C2CN(S(=O)(=O)C3CC3)C2)c1. The van der Waals surface area contributed by atoms with E-state index in [9.17, 15) is 13.2 Å². The van der Waals surface area contributed by atoms with Gasteiger partial charge in [0.15, 0.2) is 0 Å². The maximum absolute atomic E-state index is 12.1. The van der Waals surface area contributed by atoms with Gasteiger partial charge in [0, 0.05) is 18.8 Å². The number of hydrogen-bond acceptors (Lipinski definition) is 3. The number of carbonyl (C=O) groups is 1. The molecule has 21 heavy (non-hydrogen) atoms. The summed E-state index contributed by atoms with van der Waals surface area (Å²) in [7, 11) is -3.13. The summed E-state index contributed by atoms with van der Waals surface area (Å²) in [5, 5.41) is 2.69. The van der Waals surface area contributed by atoms with Crippen LogP contribution in [-0.2, 0) is 14.8 Å². The Kier molecular flexibility index (Phi) is 3.53. The fourth-order valence-corrected chi connectivity index (χ4v) is 4.61. The van der Waals surface area contributed by atoms with Crippen LogP contribution in [0.25, 0.3) is 0 Å². The van der Waals surface area contributed by atoms with E-state index in [0.29, 0.717) is 13.1 Å². The lowest BCUT2D eigenvalue weighted by Gasteiger charge is -2.37. The standard InChI is InChI=1S/C15H20N2O3S/c1-10-5-11(2)7-13(6-10)16-15(18)12-8-17(9-12)21(19,20)14-3-4-14/h5-7,12,14H,3-4,8-9H2,1-2H3,(H,16,18). The van der Waals surface area contributed by atoms with Crippen LogP contribution in [0.3, 0.4) is 0 Å². The van der Waals surface area contributed by atoms with E-state index in [1.807, 2.05) is 32.0 Å². The average molecular weight is 308 g/mol. The molecule has 2 aliphatic rings. The van der Waals surface area contributed by atoms with Crippen molar-refractivity contribution in [3.63, 3.8) is 0 Å². The summed E-state index contributed by atoms with van der Waals surface area (Å²) in [6.45, 7) is 4.59. The molecular weight excluding hydrogens is 288 g/mol. The summed E-state index contributed by atoms with van der Waals surface area (Å²) in [4.78, 5) is 12.1. The summed E-state index contributed by atoms with van der Waals surface area (Å²) in [6.07, 6.45) is 1.52. The van der Waals surface area contributed by atoms with Crippen molar-refractivity contribution >= 4 is 21.6 Å². The topological polar surface area (TPSA) is 66.5 Å². The van der Waals surface area contributed by atoms with Gasteiger partial charge in [-0.05, 0) is 49.9 Å². The molecule has 114 valence electrons. The van der Waals surface area contributed by atoms with Crippen LogP contribution in [0.2, 0.25) is 0 Å². The zero-order valence-electron chi connectivity index (χ0n) is 12.3. The van der Waals surface area contributed by atoms with E-state index in [1.54, 1.807) is 0 Å². The molecule has 1 aliphatic carbocycles. The third-order valence-electron chi connectivity index (χ3n) is 4.01. The lowest BCUT2D eigenvalue weighted by Crippen LogP contribution is -2.55. The molecule has 0 atom stereocenters. The highest BCUT2D eigenvalue weighted by Crippen LogP contribution is 2.34. The van der Waals surface area contributed by atoms with Crippen molar-refractivity contribution in [2.45, 2.75) is 31.9 Å². The van der Waals surface area contributed by atoms with Crippen molar-refractivity contribution in [3.05, 3.63) is 29.3 Å². The van der Waals surface area contributed by atoms with Crippen LogP contribution >= 0.6 is 0 Å². The van der Waals surface area contributed by atoms with Gasteiger partial charge in [0.05, 0.1) is 11.2 Å². The molecule has 0 radical (unpaired) electrons. The van der Waals surface area contributed by atoms with Crippen molar-refractivity contribution in [2.75, 3.05) is 18.4 Å². The largest absolute Gasteiger partial charge is 0.326 e. The first kappa shape index (κ1) is 14.5. The van der Waals surface area contributed by atoms with Crippen LogP contribution in [0, 0.1) is 19.8 Å². The van der Waals surface area contributed by atoms with Gasteiger partial charge in [0.2, 0.25) is 15.9 Å². The summed E-state index contributed by atoms with van der Waals surface area (Å²) in [6, 6.07) is 5.88. The van der Waals surface area contributed by atoms with E-state index in [4.69, 9.17) is 0 Å². The molecule has 0 unspecified atom stereocenters. The Hall–Kier alpha value is -1.40. The molecule has 1 amide bonds. The maximum Gasteiger partial charge on any atom is 0.230 e. The monoisotopic (exact) mass is 308 g/mol. The van der Waals surface area contributed by atoms with Crippen molar-refractivity contribution < 1.29 is 13.2 Å². The van der Waals surface area contributed by atoms with Crippen LogP contribution in [-0.4, -0.2) is 37.0 Å². The highest BCUT2D eigenvalue weighted by atomic mass is 32.2. The molecule has 0 bridgehead atoms. The van der Waals surface area contributed by atoms with Crippen molar-refractivity contribution in [2.24, 2.45) is 5.92 Å². The molecule has 6 heteroatoms. The third-order valence-corrected chi connectivity index (χ3v) is 6.35. The van der Waals surface area contributed by atoms with Gasteiger partial charge in [-0.15, -0.1) is 0 Å². The highest BCUT2D eigenvalue weighted by Gasteiger charge is 2.46. The Morgan fingerprint density at radius 1 is 1.14 bits per heavy atom. The Labute approximate surface area is 125 Å². The molecule has 1 N–H and O–H groups in total. The van der Waals surface area contributed by atoms with Crippen LogP contribution in [0.15, 0.2) is 18.2 Å². The Bertz CT molecular complexity index is 654. The van der Waals surface area contributed by atoms with Crippen LogP contribution < -0.4 is 5.32 Å². The zero-order chi connectivity index (χ0) is 15.2. The number of nitrogens with zero attached hydrogens (tertiary/aromatic N) is 1. The van der Waals surface area contributed by atoms with Gasteiger partial charge in [-0.25, -0.2) is 8.42 Å². The molecule has 1 aromatic carbocycles. The summed E-state index contributed by atoms with van der Waals surface area (Å²) >= 11 is 0. The van der Waals surface area contributed by atoms with Gasteiger partial charge in [0.1, 0.15) is 0 Å². The van der Waals surface area contributed by atoms with E-state index < -0.39 is 10.0 Å². The van der Waals surface area contributed by atoms with Gasteiger partial charge in [-0.3, -0.25) is 4.79 Å². The highest BCUT2D eigenvalue weighted by molar-refractivity contribution is 7.90. The first-order valence-corrected chi connectivity index (χ1v) is 8.75. The average Bonchev–Trinajstić information content (AvgIpc) is 3.07. The molecule has 1 aliphatic heterocycles. The minimum atomic E-state index is -3.13. The number of anilines is 1. The quantitative estimate of drug-likeness (QED) is 0.920. The molecule has 1 saturated heterocycles. The molecule has 5 nitrogen and oxygen atoms in total. The van der Waals surface area contributed by atoms with Gasteiger partial charge in [-0.2, -0.15) is 4.31 Å². The number of benzene rings is 1. The lowest BCUT2D eigenvalue weighted by molar-refractivity contribution is -0.122. The van der Waals surface area contributed by atoms with Crippen LogP contribution in [0.5, 0.6) is 0 Å². The molecule has 1 saturated carbocycles. The Balaban J connectivity index is 1.58. The minimum absolute atomic E-state index is 0.0951. The molecule has 0 aromatic heterocycles. The first-order chi connectivity index (χ1) is 9.86. The molecule has 0 spiro atoms. The Morgan fingerprint density at radius 2 is 1.71 bits per heavy atom. The number of carbonyl (C=O) groups excluding carboxylic acids is 1. The fourth-order valence-electron chi connectivity index (χ4n) is 2.68. The normalized spacial score (nSPS) is 20.1. The summed E-state index contributed by atoms with van der Waals surface area (Å²) < 4.78 is 25.4. The predicted molar refractivity (Wildman–Crippen MR) is 81.6 cm³/mol. The van der Waals surface area contributed by atoms with E-state index in [-0.39, 0.29) is 17.1 Å². The van der Waals surface area contributed by atoms with E-state index in [2.05, 4.69) is 5.32 Å². The summed E-state index contributed by atoms with van der Waals surface area (Å²) in [5.41, 5.74) is 2.97. The van der Waals surface area contributed by atoms with E-state index in [1.165, 1.54) is 4.31 Å².